The van der Waals surface area contributed by atoms with E-state index in [9.17, 15) is 4.79 Å². The molecule has 4 nitrogen and oxygen atoms in total. The maximum absolute atomic E-state index is 12.2. The Bertz CT molecular complexity index is 868. The Kier molecular flexibility index (Phi) is 5.53. The van der Waals surface area contributed by atoms with Gasteiger partial charge in [0.15, 0.2) is 0 Å². The Hall–Kier alpha value is -2.56. The highest BCUT2D eigenvalue weighted by Crippen LogP contribution is 2.27. The van der Waals surface area contributed by atoms with Crippen LogP contribution in [0, 0.1) is 0 Å². The van der Waals surface area contributed by atoms with Crippen molar-refractivity contribution in [1.29, 1.82) is 0 Å². The normalized spacial score (nSPS) is 10.3. The van der Waals surface area contributed by atoms with Gasteiger partial charge in [-0.15, -0.1) is 0 Å². The number of hydrogen-bond donors (Lipinski definition) is 2. The number of rotatable bonds is 5. The Morgan fingerprint density at radius 2 is 1.80 bits per heavy atom. The highest BCUT2D eigenvalue weighted by Gasteiger charge is 2.07. The van der Waals surface area contributed by atoms with E-state index in [4.69, 9.17) is 23.2 Å². The van der Waals surface area contributed by atoms with Crippen LogP contribution in [0.2, 0.25) is 10.0 Å². The van der Waals surface area contributed by atoms with Gasteiger partial charge in [0.25, 0.3) is 5.91 Å². The van der Waals surface area contributed by atoms with Crippen LogP contribution in [0.25, 0.3) is 0 Å². The predicted molar refractivity (Wildman–Crippen MR) is 102 cm³/mol. The summed E-state index contributed by atoms with van der Waals surface area (Å²) in [6, 6.07) is 18.3. The molecule has 0 atom stereocenters. The van der Waals surface area contributed by atoms with E-state index in [1.807, 2.05) is 30.3 Å². The van der Waals surface area contributed by atoms with Crippen molar-refractivity contribution in [3.8, 4) is 0 Å². The molecule has 2 N–H and O–H groups in total. The maximum Gasteiger partial charge on any atom is 0.253 e. The molecule has 0 spiro atoms. The van der Waals surface area contributed by atoms with Crippen LogP contribution in [0.4, 0.5) is 11.5 Å². The second-order valence-electron chi connectivity index (χ2n) is 5.35. The van der Waals surface area contributed by atoms with Gasteiger partial charge in [-0.25, -0.2) is 4.98 Å². The molecular formula is C19H15Cl2N3O. The van der Waals surface area contributed by atoms with Gasteiger partial charge in [0.1, 0.15) is 5.82 Å². The fourth-order valence-electron chi connectivity index (χ4n) is 2.21. The number of halogens is 2. The molecule has 0 saturated heterocycles. The van der Waals surface area contributed by atoms with Crippen molar-refractivity contribution in [3.05, 3.63) is 88.0 Å². The van der Waals surface area contributed by atoms with Crippen molar-refractivity contribution in [2.24, 2.45) is 0 Å². The number of benzene rings is 2. The van der Waals surface area contributed by atoms with Gasteiger partial charge < -0.3 is 10.6 Å². The van der Waals surface area contributed by atoms with Gasteiger partial charge in [-0.3, -0.25) is 4.79 Å². The lowest BCUT2D eigenvalue weighted by molar-refractivity contribution is 0.0950. The van der Waals surface area contributed by atoms with Crippen molar-refractivity contribution < 1.29 is 4.79 Å². The minimum Gasteiger partial charge on any atom is -0.348 e. The molecule has 0 saturated carbocycles. The molecule has 2 aromatic carbocycles. The van der Waals surface area contributed by atoms with Crippen molar-refractivity contribution in [3.63, 3.8) is 0 Å². The molecule has 1 heterocycles. The fraction of sp³-hybridized carbons (Fsp3) is 0.0526. The van der Waals surface area contributed by atoms with Crippen molar-refractivity contribution in [1.82, 2.24) is 10.3 Å². The third-order valence-electron chi connectivity index (χ3n) is 3.51. The first-order valence-corrected chi connectivity index (χ1v) is 8.38. The average Bonchev–Trinajstić information content (AvgIpc) is 2.64. The van der Waals surface area contributed by atoms with E-state index in [2.05, 4.69) is 15.6 Å². The molecule has 6 heteroatoms. The average molecular weight is 372 g/mol. The first kappa shape index (κ1) is 17.3. The minimum absolute atomic E-state index is 0.177. The van der Waals surface area contributed by atoms with Crippen molar-refractivity contribution in [2.75, 3.05) is 5.32 Å². The number of aromatic nitrogens is 1. The summed E-state index contributed by atoms with van der Waals surface area (Å²) in [5.41, 5.74) is 2.18. The van der Waals surface area contributed by atoms with Crippen LogP contribution in [0.3, 0.4) is 0 Å². The number of amides is 1. The summed E-state index contributed by atoms with van der Waals surface area (Å²) in [5, 5.41) is 7.05. The van der Waals surface area contributed by atoms with E-state index in [1.54, 1.807) is 30.3 Å². The number of hydrogen-bond acceptors (Lipinski definition) is 3. The minimum atomic E-state index is -0.177. The standard InChI is InChI=1S/C19H15Cl2N3O/c20-15-7-8-16(21)17(10-15)24-18-9-6-14(12-22-18)19(25)23-11-13-4-2-1-3-5-13/h1-10,12H,11H2,(H,22,24)(H,23,25). The number of pyridine rings is 1. The van der Waals surface area contributed by atoms with Gasteiger partial charge >= 0.3 is 0 Å². The molecule has 0 aliphatic heterocycles. The molecular weight excluding hydrogens is 357 g/mol. The second-order valence-corrected chi connectivity index (χ2v) is 6.19. The van der Waals surface area contributed by atoms with E-state index in [-0.39, 0.29) is 5.91 Å². The smallest absolute Gasteiger partial charge is 0.253 e. The van der Waals surface area contributed by atoms with Gasteiger partial charge in [-0.1, -0.05) is 53.5 Å². The highest BCUT2D eigenvalue weighted by atomic mass is 35.5. The zero-order valence-electron chi connectivity index (χ0n) is 13.2. The van der Waals surface area contributed by atoms with Crippen LogP contribution in [0.1, 0.15) is 15.9 Å². The lowest BCUT2D eigenvalue weighted by atomic mass is 10.2. The van der Waals surface area contributed by atoms with Gasteiger partial charge in [-0.2, -0.15) is 0 Å². The largest absolute Gasteiger partial charge is 0.348 e. The van der Waals surface area contributed by atoms with E-state index in [0.717, 1.165) is 5.56 Å². The van der Waals surface area contributed by atoms with Gasteiger partial charge in [0.05, 0.1) is 16.3 Å². The molecule has 3 aromatic rings. The van der Waals surface area contributed by atoms with Crippen LogP contribution < -0.4 is 10.6 Å². The summed E-state index contributed by atoms with van der Waals surface area (Å²) in [7, 11) is 0. The van der Waals surface area contributed by atoms with Gasteiger partial charge in [-0.05, 0) is 35.9 Å². The lowest BCUT2D eigenvalue weighted by Crippen LogP contribution is -2.22. The zero-order valence-corrected chi connectivity index (χ0v) is 14.7. The molecule has 3 rings (SSSR count). The number of nitrogens with one attached hydrogen (secondary N) is 2. The van der Waals surface area contributed by atoms with E-state index in [1.165, 1.54) is 6.20 Å². The van der Waals surface area contributed by atoms with E-state index < -0.39 is 0 Å². The third kappa shape index (κ3) is 4.72. The summed E-state index contributed by atoms with van der Waals surface area (Å²) in [5.74, 6) is 0.396. The molecule has 0 bridgehead atoms. The van der Waals surface area contributed by atoms with Crippen LogP contribution in [-0.4, -0.2) is 10.9 Å². The van der Waals surface area contributed by atoms with Crippen LogP contribution in [0.15, 0.2) is 66.9 Å². The molecule has 25 heavy (non-hydrogen) atoms. The lowest BCUT2D eigenvalue weighted by Gasteiger charge is -2.09. The quantitative estimate of drug-likeness (QED) is 0.658. The van der Waals surface area contributed by atoms with Crippen LogP contribution in [0.5, 0.6) is 0 Å². The summed E-state index contributed by atoms with van der Waals surface area (Å²) in [4.78, 5) is 16.4. The number of anilines is 2. The van der Waals surface area contributed by atoms with Crippen LogP contribution in [-0.2, 0) is 6.54 Å². The molecule has 0 fully saturated rings. The Morgan fingerprint density at radius 1 is 1.00 bits per heavy atom. The molecule has 126 valence electrons. The Morgan fingerprint density at radius 3 is 2.52 bits per heavy atom. The monoisotopic (exact) mass is 371 g/mol. The SMILES string of the molecule is O=C(NCc1ccccc1)c1ccc(Nc2cc(Cl)ccc2Cl)nc1. The first-order chi connectivity index (χ1) is 12.1. The van der Waals surface area contributed by atoms with E-state index in [0.29, 0.717) is 33.7 Å². The molecule has 0 radical (unpaired) electrons. The molecule has 1 aromatic heterocycles. The third-order valence-corrected chi connectivity index (χ3v) is 4.08. The zero-order chi connectivity index (χ0) is 17.6. The summed E-state index contributed by atoms with van der Waals surface area (Å²) >= 11 is 12.1. The van der Waals surface area contributed by atoms with E-state index >= 15 is 0 Å². The Labute approximate surface area is 155 Å². The van der Waals surface area contributed by atoms with Crippen LogP contribution >= 0.6 is 23.2 Å². The molecule has 0 aliphatic rings. The summed E-state index contributed by atoms with van der Waals surface area (Å²) in [6.45, 7) is 0.470. The maximum atomic E-state index is 12.2. The van der Waals surface area contributed by atoms with Crippen molar-refractivity contribution >= 4 is 40.6 Å². The summed E-state index contributed by atoms with van der Waals surface area (Å²) in [6.07, 6.45) is 1.51. The second kappa shape index (κ2) is 8.01. The fourth-order valence-corrected chi connectivity index (χ4v) is 2.55. The van der Waals surface area contributed by atoms with Crippen molar-refractivity contribution in [2.45, 2.75) is 6.54 Å². The predicted octanol–water partition coefficient (Wildman–Crippen LogP) is 5.06. The molecule has 1 amide bonds. The number of carbonyl (C=O) groups is 1. The van der Waals surface area contributed by atoms with Gasteiger partial charge in [0, 0.05) is 17.8 Å². The van der Waals surface area contributed by atoms with Gasteiger partial charge in [0.2, 0.25) is 0 Å². The Balaban J connectivity index is 1.63. The number of carbonyl (C=O) groups excluding carboxylic acids is 1. The first-order valence-electron chi connectivity index (χ1n) is 7.62. The molecule has 0 aliphatic carbocycles. The highest BCUT2D eigenvalue weighted by molar-refractivity contribution is 6.35. The summed E-state index contributed by atoms with van der Waals surface area (Å²) < 4.78 is 0. The molecule has 0 unspecified atom stereocenters. The topological polar surface area (TPSA) is 54.0 Å². The number of nitrogens with zero attached hydrogens (tertiary/aromatic N) is 1.